The van der Waals surface area contributed by atoms with Gasteiger partial charge in [-0.25, -0.2) is 0 Å². The molecule has 186 valence electrons. The van der Waals surface area contributed by atoms with E-state index in [-0.39, 0.29) is 21.3 Å². The van der Waals surface area contributed by atoms with Gasteiger partial charge in [-0.2, -0.15) is 5.26 Å². The number of halogens is 3. The molecule has 0 radical (unpaired) electrons. The Bertz CT molecular complexity index is 1520. The van der Waals surface area contributed by atoms with Gasteiger partial charge < -0.3 is 14.8 Å². The van der Waals surface area contributed by atoms with Gasteiger partial charge in [-0.3, -0.25) is 4.79 Å². The van der Waals surface area contributed by atoms with Gasteiger partial charge in [-0.15, -0.1) is 0 Å². The van der Waals surface area contributed by atoms with Gasteiger partial charge in [-0.05, 0) is 81.8 Å². The number of nitrogens with zero attached hydrogens (tertiary/aromatic N) is 1. The molecular formula is C29H21Cl2IN2O3. The van der Waals surface area contributed by atoms with Crippen LogP contribution >= 0.6 is 45.8 Å². The highest BCUT2D eigenvalue weighted by Crippen LogP contribution is 2.36. The monoisotopic (exact) mass is 642 g/mol. The van der Waals surface area contributed by atoms with Crippen molar-refractivity contribution in [3.8, 4) is 17.6 Å². The Balaban J connectivity index is 1.61. The van der Waals surface area contributed by atoms with Gasteiger partial charge in [0.25, 0.3) is 5.91 Å². The highest BCUT2D eigenvalue weighted by molar-refractivity contribution is 14.1. The molecular weight excluding hydrogens is 622 g/mol. The summed E-state index contributed by atoms with van der Waals surface area (Å²) >= 11 is 14.5. The normalized spacial score (nSPS) is 11.2. The highest BCUT2D eigenvalue weighted by Gasteiger charge is 2.17. The van der Waals surface area contributed by atoms with E-state index in [0.717, 1.165) is 19.9 Å². The zero-order chi connectivity index (χ0) is 26.4. The highest BCUT2D eigenvalue weighted by atomic mass is 127. The maximum absolute atomic E-state index is 12.8. The lowest BCUT2D eigenvalue weighted by atomic mass is 10.1. The Kier molecular flexibility index (Phi) is 8.93. The van der Waals surface area contributed by atoms with Crippen LogP contribution in [0.4, 0.5) is 5.69 Å². The molecule has 4 rings (SSSR count). The third-order valence-electron chi connectivity index (χ3n) is 5.46. The fourth-order valence-electron chi connectivity index (χ4n) is 3.76. The molecule has 4 aromatic carbocycles. The first-order valence-corrected chi connectivity index (χ1v) is 13.2. The van der Waals surface area contributed by atoms with Crippen LogP contribution in [0.3, 0.4) is 0 Å². The van der Waals surface area contributed by atoms with Crippen molar-refractivity contribution in [2.75, 3.05) is 11.9 Å². The maximum Gasteiger partial charge on any atom is 0.266 e. The number of anilines is 1. The first-order chi connectivity index (χ1) is 17.9. The minimum atomic E-state index is -0.623. The number of amides is 1. The number of ether oxygens (including phenoxy) is 2. The van der Waals surface area contributed by atoms with Crippen LogP contribution in [0.1, 0.15) is 18.1 Å². The minimum Gasteiger partial charge on any atom is -0.490 e. The molecule has 0 bridgehead atoms. The van der Waals surface area contributed by atoms with Crippen molar-refractivity contribution in [1.82, 2.24) is 0 Å². The van der Waals surface area contributed by atoms with Crippen molar-refractivity contribution in [3.63, 3.8) is 0 Å². The Morgan fingerprint density at radius 1 is 1.03 bits per heavy atom. The summed E-state index contributed by atoms with van der Waals surface area (Å²) in [5, 5.41) is 15.1. The van der Waals surface area contributed by atoms with E-state index >= 15 is 0 Å². The fourth-order valence-corrected chi connectivity index (χ4v) is 5.03. The lowest BCUT2D eigenvalue weighted by molar-refractivity contribution is -0.112. The van der Waals surface area contributed by atoms with E-state index in [1.165, 1.54) is 6.08 Å². The SMILES string of the molecule is CCOc1cc(/C=C(\C#N)C(=O)Nc2c(Cl)cccc2Cl)cc(I)c1OCc1cccc2ccccc12. The Morgan fingerprint density at radius 2 is 1.73 bits per heavy atom. The van der Waals surface area contributed by atoms with Crippen LogP contribution in [-0.2, 0) is 11.4 Å². The molecule has 0 fully saturated rings. The third kappa shape index (κ3) is 6.37. The van der Waals surface area contributed by atoms with E-state index in [1.54, 1.807) is 24.3 Å². The van der Waals surface area contributed by atoms with Crippen LogP contribution in [0.15, 0.2) is 78.4 Å². The van der Waals surface area contributed by atoms with Gasteiger partial charge in [0.05, 0.1) is 25.9 Å². The molecule has 0 aliphatic rings. The second-order valence-corrected chi connectivity index (χ2v) is 9.89. The zero-order valence-electron chi connectivity index (χ0n) is 19.7. The van der Waals surface area contributed by atoms with Gasteiger partial charge in [0.2, 0.25) is 0 Å². The summed E-state index contributed by atoms with van der Waals surface area (Å²) in [6.07, 6.45) is 1.49. The van der Waals surface area contributed by atoms with Crippen LogP contribution in [0.2, 0.25) is 10.0 Å². The van der Waals surface area contributed by atoms with Crippen LogP contribution in [-0.4, -0.2) is 12.5 Å². The van der Waals surface area contributed by atoms with E-state index in [2.05, 4.69) is 46.1 Å². The molecule has 1 amide bonds. The summed E-state index contributed by atoms with van der Waals surface area (Å²) in [6.45, 7) is 2.66. The number of nitrogens with one attached hydrogen (secondary N) is 1. The quantitative estimate of drug-likeness (QED) is 0.119. The number of benzene rings is 4. The minimum absolute atomic E-state index is 0.112. The van der Waals surface area contributed by atoms with E-state index in [9.17, 15) is 10.1 Å². The zero-order valence-corrected chi connectivity index (χ0v) is 23.4. The Morgan fingerprint density at radius 3 is 2.46 bits per heavy atom. The van der Waals surface area contributed by atoms with Gasteiger partial charge in [-0.1, -0.05) is 71.7 Å². The number of nitriles is 1. The average molecular weight is 643 g/mol. The Hall–Kier alpha value is -3.25. The molecule has 0 spiro atoms. The summed E-state index contributed by atoms with van der Waals surface area (Å²) in [5.41, 5.74) is 1.81. The Labute approximate surface area is 238 Å². The van der Waals surface area contributed by atoms with Crippen molar-refractivity contribution in [2.24, 2.45) is 0 Å². The largest absolute Gasteiger partial charge is 0.490 e. The molecule has 0 aromatic heterocycles. The number of rotatable bonds is 8. The molecule has 0 saturated carbocycles. The fraction of sp³-hybridized carbons (Fsp3) is 0.103. The molecule has 0 saturated heterocycles. The number of fused-ring (bicyclic) bond motifs is 1. The van der Waals surface area contributed by atoms with Gasteiger partial charge in [0.1, 0.15) is 18.2 Å². The summed E-state index contributed by atoms with van der Waals surface area (Å²) < 4.78 is 12.9. The smallest absolute Gasteiger partial charge is 0.266 e. The summed E-state index contributed by atoms with van der Waals surface area (Å²) in [7, 11) is 0. The average Bonchev–Trinajstić information content (AvgIpc) is 2.89. The molecule has 0 aliphatic heterocycles. The van der Waals surface area contributed by atoms with Gasteiger partial charge >= 0.3 is 0 Å². The summed E-state index contributed by atoms with van der Waals surface area (Å²) in [4.78, 5) is 12.8. The molecule has 0 atom stereocenters. The van der Waals surface area contributed by atoms with Crippen LogP contribution < -0.4 is 14.8 Å². The summed E-state index contributed by atoms with van der Waals surface area (Å²) in [5.74, 6) is 0.493. The number of hydrogen-bond donors (Lipinski definition) is 1. The van der Waals surface area contributed by atoms with E-state index in [4.69, 9.17) is 32.7 Å². The van der Waals surface area contributed by atoms with Crippen molar-refractivity contribution in [3.05, 3.63) is 103 Å². The van der Waals surface area contributed by atoms with Crippen molar-refractivity contribution in [2.45, 2.75) is 13.5 Å². The predicted molar refractivity (Wildman–Crippen MR) is 157 cm³/mol. The number of para-hydroxylation sites is 1. The number of carbonyl (C=O) groups excluding carboxylic acids is 1. The second-order valence-electron chi connectivity index (χ2n) is 7.91. The number of hydrogen-bond acceptors (Lipinski definition) is 4. The van der Waals surface area contributed by atoms with E-state index in [0.29, 0.717) is 30.3 Å². The van der Waals surface area contributed by atoms with Crippen molar-refractivity contribution < 1.29 is 14.3 Å². The maximum atomic E-state index is 12.8. The summed E-state index contributed by atoms with van der Waals surface area (Å²) in [6, 6.07) is 24.7. The van der Waals surface area contributed by atoms with Crippen molar-refractivity contribution in [1.29, 1.82) is 5.26 Å². The topological polar surface area (TPSA) is 71.3 Å². The molecule has 8 heteroatoms. The van der Waals surface area contributed by atoms with E-state index < -0.39 is 5.91 Å². The molecule has 37 heavy (non-hydrogen) atoms. The molecule has 0 aliphatic carbocycles. The second kappa shape index (κ2) is 12.3. The van der Waals surface area contributed by atoms with Gasteiger partial charge in [0, 0.05) is 0 Å². The molecule has 1 N–H and O–H groups in total. The van der Waals surface area contributed by atoms with Gasteiger partial charge in [0.15, 0.2) is 11.5 Å². The first kappa shape index (κ1) is 26.8. The predicted octanol–water partition coefficient (Wildman–Crippen LogP) is 8.27. The lowest BCUT2D eigenvalue weighted by Crippen LogP contribution is -2.14. The molecule has 5 nitrogen and oxygen atoms in total. The molecule has 0 heterocycles. The molecule has 4 aromatic rings. The lowest BCUT2D eigenvalue weighted by Gasteiger charge is -2.16. The van der Waals surface area contributed by atoms with Crippen LogP contribution in [0.25, 0.3) is 16.8 Å². The third-order valence-corrected chi connectivity index (χ3v) is 6.89. The standard InChI is InChI=1S/C29H21Cl2IN2O3/c1-2-36-26-15-18(13-21(16-33)29(35)34-27-23(30)11-6-12-24(27)31)14-25(32)28(26)37-17-20-9-5-8-19-7-3-4-10-22(19)20/h3-15H,2,17H2,1H3,(H,34,35)/b21-13+. The van der Waals surface area contributed by atoms with Crippen molar-refractivity contribution >= 4 is 74.2 Å². The van der Waals surface area contributed by atoms with E-state index in [1.807, 2.05) is 43.3 Å². The molecule has 0 unspecified atom stereocenters. The van der Waals surface area contributed by atoms with Crippen LogP contribution in [0, 0.1) is 14.9 Å². The van der Waals surface area contributed by atoms with Crippen LogP contribution in [0.5, 0.6) is 11.5 Å². The number of carbonyl (C=O) groups is 1. The first-order valence-electron chi connectivity index (χ1n) is 11.3.